The molecule has 2 aromatic carbocycles. The van der Waals surface area contributed by atoms with E-state index in [1.54, 1.807) is 25.1 Å². The lowest BCUT2D eigenvalue weighted by atomic mass is 9.85. The largest absolute Gasteiger partial charge is 0.468 e. The number of para-hydroxylation sites is 1. The molecule has 1 aliphatic rings. The number of amides is 2. The van der Waals surface area contributed by atoms with Gasteiger partial charge in [0.15, 0.2) is 0 Å². The Morgan fingerprint density at radius 1 is 1.10 bits per heavy atom. The van der Waals surface area contributed by atoms with Crippen LogP contribution in [0.1, 0.15) is 24.2 Å². The summed E-state index contributed by atoms with van der Waals surface area (Å²) < 4.78 is 45.5. The average Bonchev–Trinajstić information content (AvgIpc) is 3.43. The maximum Gasteiger partial charge on any atom is 0.418 e. The predicted octanol–water partition coefficient (Wildman–Crippen LogP) is 7.31. The standard InChI is InChI=1S/C27H19Cl2F3N4O3S/c1-14-23(25(38)36-20-9-8-15(28)11-18(20)29)24(21-7-4-10-39-21)16(12-33)26(34-14)40-13-22(37)35-19-6-3-2-5-17(19)27(30,31)32/h2-11,24,34H,13H2,1H3,(H,35,37)(H,36,38)/t24-/m0/s1. The quantitative estimate of drug-likeness (QED) is 0.260. The number of carbonyl (C=O) groups is 2. The molecule has 0 saturated carbocycles. The Kier molecular flexibility index (Phi) is 8.83. The fourth-order valence-corrected chi connectivity index (χ4v) is 5.36. The van der Waals surface area contributed by atoms with E-state index in [-0.39, 0.29) is 32.6 Å². The molecule has 7 nitrogen and oxygen atoms in total. The predicted molar refractivity (Wildman–Crippen MR) is 148 cm³/mol. The van der Waals surface area contributed by atoms with Crippen LogP contribution in [0.2, 0.25) is 10.0 Å². The fraction of sp³-hybridized carbons (Fsp3) is 0.148. The molecule has 3 aromatic rings. The summed E-state index contributed by atoms with van der Waals surface area (Å²) in [4.78, 5) is 26.0. The highest BCUT2D eigenvalue weighted by Gasteiger charge is 2.37. The molecule has 4 rings (SSSR count). The molecule has 0 aliphatic carbocycles. The number of allylic oxidation sites excluding steroid dienone is 2. The minimum atomic E-state index is -4.65. The van der Waals surface area contributed by atoms with Gasteiger partial charge in [-0.05, 0) is 49.4 Å². The number of hydrogen-bond acceptors (Lipinski definition) is 6. The Labute approximate surface area is 241 Å². The first kappa shape index (κ1) is 29.1. The lowest BCUT2D eigenvalue weighted by molar-refractivity contribution is -0.137. The van der Waals surface area contributed by atoms with E-state index in [0.717, 1.165) is 23.9 Å². The average molecular weight is 607 g/mol. The summed E-state index contributed by atoms with van der Waals surface area (Å²) in [6.07, 6.45) is -3.25. The summed E-state index contributed by atoms with van der Waals surface area (Å²) in [5, 5.41) is 18.9. The van der Waals surface area contributed by atoms with Gasteiger partial charge in [-0.3, -0.25) is 9.59 Å². The summed E-state index contributed by atoms with van der Waals surface area (Å²) in [6, 6.07) is 14.5. The molecule has 13 heteroatoms. The van der Waals surface area contributed by atoms with Crippen molar-refractivity contribution in [3.8, 4) is 6.07 Å². The van der Waals surface area contributed by atoms with Crippen LogP contribution in [0.25, 0.3) is 0 Å². The van der Waals surface area contributed by atoms with E-state index in [4.69, 9.17) is 27.6 Å². The molecule has 0 fully saturated rings. The second-order valence-corrected chi connectivity index (χ2v) is 10.3. The number of hydrogen-bond donors (Lipinski definition) is 3. The van der Waals surface area contributed by atoms with Crippen molar-refractivity contribution in [3.63, 3.8) is 0 Å². The first-order valence-corrected chi connectivity index (χ1v) is 13.2. The maximum atomic E-state index is 13.4. The molecule has 2 heterocycles. The van der Waals surface area contributed by atoms with Crippen molar-refractivity contribution in [1.29, 1.82) is 5.26 Å². The molecule has 2 amide bonds. The highest BCUT2D eigenvalue weighted by atomic mass is 35.5. The van der Waals surface area contributed by atoms with E-state index < -0.39 is 29.5 Å². The molecule has 0 bridgehead atoms. The molecular formula is C27H19Cl2F3N4O3S. The molecule has 1 aliphatic heterocycles. The van der Waals surface area contributed by atoms with Crippen LogP contribution in [-0.4, -0.2) is 17.6 Å². The zero-order valence-corrected chi connectivity index (χ0v) is 22.9. The van der Waals surface area contributed by atoms with Crippen LogP contribution in [0.5, 0.6) is 0 Å². The number of furan rings is 1. The molecular weight excluding hydrogens is 588 g/mol. The zero-order valence-electron chi connectivity index (χ0n) is 20.5. The van der Waals surface area contributed by atoms with Crippen LogP contribution < -0.4 is 16.0 Å². The minimum Gasteiger partial charge on any atom is -0.468 e. The van der Waals surface area contributed by atoms with E-state index in [2.05, 4.69) is 22.0 Å². The molecule has 206 valence electrons. The van der Waals surface area contributed by atoms with Crippen LogP contribution in [0.3, 0.4) is 0 Å². The maximum absolute atomic E-state index is 13.4. The summed E-state index contributed by atoms with van der Waals surface area (Å²) in [6.45, 7) is 1.61. The first-order chi connectivity index (χ1) is 19.0. The van der Waals surface area contributed by atoms with Gasteiger partial charge < -0.3 is 20.4 Å². The topological polar surface area (TPSA) is 107 Å². The Morgan fingerprint density at radius 3 is 2.50 bits per heavy atom. The third-order valence-electron chi connectivity index (χ3n) is 5.75. The van der Waals surface area contributed by atoms with Crippen LogP contribution in [0.4, 0.5) is 24.5 Å². The van der Waals surface area contributed by atoms with Crippen molar-refractivity contribution in [3.05, 3.63) is 104 Å². The van der Waals surface area contributed by atoms with E-state index in [9.17, 15) is 28.0 Å². The van der Waals surface area contributed by atoms with Crippen molar-refractivity contribution >= 4 is 58.2 Å². The van der Waals surface area contributed by atoms with Crippen LogP contribution in [0, 0.1) is 11.3 Å². The highest BCUT2D eigenvalue weighted by Crippen LogP contribution is 2.41. The zero-order chi connectivity index (χ0) is 29.0. The third-order valence-corrected chi connectivity index (χ3v) is 7.32. The van der Waals surface area contributed by atoms with Crippen molar-refractivity contribution in [2.75, 3.05) is 16.4 Å². The second-order valence-electron chi connectivity index (χ2n) is 8.43. The molecule has 1 atom stereocenters. The summed E-state index contributed by atoms with van der Waals surface area (Å²) in [7, 11) is 0. The Bertz CT molecular complexity index is 1560. The number of anilines is 2. The highest BCUT2D eigenvalue weighted by molar-refractivity contribution is 8.03. The van der Waals surface area contributed by atoms with Crippen molar-refractivity contribution in [1.82, 2.24) is 5.32 Å². The van der Waals surface area contributed by atoms with E-state index in [1.807, 2.05) is 0 Å². The molecule has 40 heavy (non-hydrogen) atoms. The lowest BCUT2D eigenvalue weighted by Gasteiger charge is -2.28. The molecule has 0 spiro atoms. The van der Waals surface area contributed by atoms with Gasteiger partial charge in [0.1, 0.15) is 5.76 Å². The number of carbonyl (C=O) groups excluding carboxylic acids is 2. The summed E-state index contributed by atoms with van der Waals surface area (Å²) in [5.41, 5.74) is -0.432. The van der Waals surface area contributed by atoms with E-state index in [1.165, 1.54) is 30.5 Å². The van der Waals surface area contributed by atoms with Gasteiger partial charge in [0.2, 0.25) is 5.91 Å². The first-order valence-electron chi connectivity index (χ1n) is 11.5. The van der Waals surface area contributed by atoms with Crippen LogP contribution in [0.15, 0.2) is 87.1 Å². The third kappa shape index (κ3) is 6.47. The number of halogens is 5. The van der Waals surface area contributed by atoms with Crippen LogP contribution >= 0.6 is 35.0 Å². The Morgan fingerprint density at radius 2 is 1.85 bits per heavy atom. The summed E-state index contributed by atoms with van der Waals surface area (Å²) in [5.74, 6) is -2.24. The lowest BCUT2D eigenvalue weighted by Crippen LogP contribution is -2.31. The smallest absolute Gasteiger partial charge is 0.418 e. The van der Waals surface area contributed by atoms with Gasteiger partial charge >= 0.3 is 6.18 Å². The monoisotopic (exact) mass is 606 g/mol. The van der Waals surface area contributed by atoms with Gasteiger partial charge in [-0.2, -0.15) is 18.4 Å². The number of dihydropyridines is 1. The van der Waals surface area contributed by atoms with Gasteiger partial charge in [0, 0.05) is 10.7 Å². The number of nitriles is 1. The SMILES string of the molecule is CC1=C(C(=O)Nc2ccc(Cl)cc2Cl)[C@H](c2ccco2)C(C#N)=C(SCC(=O)Nc2ccccc2C(F)(F)F)N1. The molecule has 0 radical (unpaired) electrons. The molecule has 3 N–H and O–H groups in total. The number of alkyl halides is 3. The minimum absolute atomic E-state index is 0.0846. The van der Waals surface area contributed by atoms with Gasteiger partial charge in [0.05, 0.1) is 62.1 Å². The van der Waals surface area contributed by atoms with Gasteiger partial charge in [0.25, 0.3) is 5.91 Å². The second kappa shape index (κ2) is 12.1. The van der Waals surface area contributed by atoms with Crippen molar-refractivity contribution in [2.24, 2.45) is 0 Å². The van der Waals surface area contributed by atoms with Gasteiger partial charge in [-0.1, -0.05) is 47.1 Å². The van der Waals surface area contributed by atoms with E-state index in [0.29, 0.717) is 22.2 Å². The number of nitrogens with zero attached hydrogens (tertiary/aromatic N) is 1. The van der Waals surface area contributed by atoms with Gasteiger partial charge in [-0.15, -0.1) is 0 Å². The number of thioether (sulfide) groups is 1. The van der Waals surface area contributed by atoms with Gasteiger partial charge in [-0.25, -0.2) is 0 Å². The van der Waals surface area contributed by atoms with Crippen molar-refractivity contribution < 1.29 is 27.2 Å². The molecule has 0 saturated heterocycles. The van der Waals surface area contributed by atoms with Crippen LogP contribution in [-0.2, 0) is 15.8 Å². The molecule has 0 unspecified atom stereocenters. The number of rotatable bonds is 7. The molecule has 1 aromatic heterocycles. The Balaban J connectivity index is 1.59. The van der Waals surface area contributed by atoms with Crippen molar-refractivity contribution in [2.45, 2.75) is 19.0 Å². The number of nitrogens with one attached hydrogen (secondary N) is 3. The fourth-order valence-electron chi connectivity index (χ4n) is 4.01. The normalized spacial score (nSPS) is 15.4. The Hall–Kier alpha value is -3.85. The summed E-state index contributed by atoms with van der Waals surface area (Å²) >= 11 is 13.1. The van der Waals surface area contributed by atoms with E-state index >= 15 is 0 Å². The number of benzene rings is 2.